The Balaban J connectivity index is 0.00000312. The highest BCUT2D eigenvalue weighted by atomic mass is 35.5. The molecule has 8 heteroatoms. The summed E-state index contributed by atoms with van der Waals surface area (Å²) in [6.07, 6.45) is 0.440. The molecule has 1 aromatic carbocycles. The number of hydrogen-bond acceptors (Lipinski definition) is 6. The molecule has 0 aromatic heterocycles. The summed E-state index contributed by atoms with van der Waals surface area (Å²) in [5.41, 5.74) is 0.649. The molecule has 1 fully saturated rings. The van der Waals surface area contributed by atoms with Crippen LogP contribution in [0.1, 0.15) is 6.42 Å². The van der Waals surface area contributed by atoms with Gasteiger partial charge in [0.05, 0.1) is 26.5 Å². The number of β-amino-alcohol motifs (C(OH)–C–C–N with tert-alkyl or cyclic N) is 1. The van der Waals surface area contributed by atoms with E-state index in [0.717, 1.165) is 39.3 Å². The van der Waals surface area contributed by atoms with Crippen LogP contribution in [-0.4, -0.2) is 80.9 Å². The van der Waals surface area contributed by atoms with E-state index in [4.69, 9.17) is 14.6 Å². The molecule has 0 aliphatic carbocycles. The van der Waals surface area contributed by atoms with Gasteiger partial charge in [-0.3, -0.25) is 9.69 Å². The molecule has 2 N–H and O–H groups in total. The number of aliphatic hydroxyl groups is 1. The number of methoxy groups -OCH3 is 2. The SMILES string of the molecule is COc1ccc(NC(=O)CCN2CCN(CCO)CC2)c(OC)c1.Cl. The number of aliphatic hydroxyl groups excluding tert-OH is 1. The van der Waals surface area contributed by atoms with Crippen LogP contribution < -0.4 is 14.8 Å². The standard InChI is InChI=1S/C17H27N3O4.ClH/c1-23-14-3-4-15(16(13-14)24-2)18-17(22)5-6-19-7-9-20(10-8-19)11-12-21;/h3-4,13,21H,5-12H2,1-2H3,(H,18,22);1H. The van der Waals surface area contributed by atoms with Crippen LogP contribution in [0.2, 0.25) is 0 Å². The van der Waals surface area contributed by atoms with Crippen LogP contribution in [0.4, 0.5) is 5.69 Å². The average molecular weight is 374 g/mol. The first kappa shape index (κ1) is 21.5. The molecule has 25 heavy (non-hydrogen) atoms. The summed E-state index contributed by atoms with van der Waals surface area (Å²) in [5.74, 6) is 1.24. The molecule has 0 bridgehead atoms. The number of carbonyl (C=O) groups excluding carboxylic acids is 1. The van der Waals surface area contributed by atoms with Gasteiger partial charge >= 0.3 is 0 Å². The van der Waals surface area contributed by atoms with Gasteiger partial charge in [-0.05, 0) is 12.1 Å². The van der Waals surface area contributed by atoms with E-state index in [0.29, 0.717) is 23.6 Å². The molecule has 0 spiro atoms. The second-order valence-corrected chi connectivity index (χ2v) is 5.77. The summed E-state index contributed by atoms with van der Waals surface area (Å²) in [7, 11) is 3.16. The number of amides is 1. The van der Waals surface area contributed by atoms with E-state index in [9.17, 15) is 4.79 Å². The van der Waals surface area contributed by atoms with E-state index in [1.807, 2.05) is 0 Å². The van der Waals surface area contributed by atoms with Crippen LogP contribution in [0, 0.1) is 0 Å². The topological polar surface area (TPSA) is 74.3 Å². The second-order valence-electron chi connectivity index (χ2n) is 5.77. The minimum Gasteiger partial charge on any atom is -0.497 e. The maximum atomic E-state index is 12.2. The summed E-state index contributed by atoms with van der Waals surface area (Å²) in [4.78, 5) is 16.7. The Hall–Kier alpha value is -1.54. The fourth-order valence-electron chi connectivity index (χ4n) is 2.75. The summed E-state index contributed by atoms with van der Waals surface area (Å²) >= 11 is 0. The minimum absolute atomic E-state index is 0. The van der Waals surface area contributed by atoms with Crippen LogP contribution in [0.25, 0.3) is 0 Å². The fourth-order valence-corrected chi connectivity index (χ4v) is 2.75. The van der Waals surface area contributed by atoms with Crippen molar-refractivity contribution in [1.82, 2.24) is 9.80 Å². The molecule has 0 unspecified atom stereocenters. The quantitative estimate of drug-likeness (QED) is 0.710. The predicted octanol–water partition coefficient (Wildman–Crippen LogP) is 1.06. The summed E-state index contributed by atoms with van der Waals surface area (Å²) in [5, 5.41) is 11.8. The van der Waals surface area contributed by atoms with Crippen molar-refractivity contribution in [3.8, 4) is 11.5 Å². The number of anilines is 1. The highest BCUT2D eigenvalue weighted by Gasteiger charge is 2.17. The van der Waals surface area contributed by atoms with Crippen molar-refractivity contribution in [2.24, 2.45) is 0 Å². The lowest BCUT2D eigenvalue weighted by Crippen LogP contribution is -2.47. The molecule has 1 aromatic rings. The second kappa shape index (κ2) is 11.1. The largest absolute Gasteiger partial charge is 0.497 e. The Labute approximate surface area is 155 Å². The zero-order valence-electron chi connectivity index (χ0n) is 14.9. The van der Waals surface area contributed by atoms with Crippen LogP contribution in [0.3, 0.4) is 0 Å². The average Bonchev–Trinajstić information content (AvgIpc) is 2.61. The van der Waals surface area contributed by atoms with Gasteiger partial charge in [-0.2, -0.15) is 0 Å². The lowest BCUT2D eigenvalue weighted by Gasteiger charge is -2.34. The van der Waals surface area contributed by atoms with E-state index < -0.39 is 0 Å². The number of ether oxygens (including phenoxy) is 2. The summed E-state index contributed by atoms with van der Waals surface area (Å²) in [6.45, 7) is 5.40. The fraction of sp³-hybridized carbons (Fsp3) is 0.588. The Bertz CT molecular complexity index is 537. The first-order valence-electron chi connectivity index (χ1n) is 8.23. The van der Waals surface area contributed by atoms with Crippen molar-refractivity contribution in [1.29, 1.82) is 0 Å². The molecule has 0 atom stereocenters. The van der Waals surface area contributed by atoms with Gasteiger partial charge in [-0.25, -0.2) is 0 Å². The smallest absolute Gasteiger partial charge is 0.225 e. The molecule has 7 nitrogen and oxygen atoms in total. The molecule has 142 valence electrons. The zero-order chi connectivity index (χ0) is 17.4. The molecular weight excluding hydrogens is 346 g/mol. The molecule has 1 heterocycles. The lowest BCUT2D eigenvalue weighted by molar-refractivity contribution is -0.116. The molecule has 1 aliphatic rings. The number of carbonyl (C=O) groups is 1. The van der Waals surface area contributed by atoms with Crippen LogP contribution in [-0.2, 0) is 4.79 Å². The number of halogens is 1. The van der Waals surface area contributed by atoms with E-state index in [1.165, 1.54) is 0 Å². The number of benzene rings is 1. The zero-order valence-corrected chi connectivity index (χ0v) is 15.7. The van der Waals surface area contributed by atoms with Crippen molar-refractivity contribution >= 4 is 24.0 Å². The van der Waals surface area contributed by atoms with Gasteiger partial charge < -0.3 is 24.8 Å². The van der Waals surface area contributed by atoms with Gasteiger partial charge in [0.25, 0.3) is 0 Å². The lowest BCUT2D eigenvalue weighted by atomic mass is 10.2. The number of hydrogen-bond donors (Lipinski definition) is 2. The van der Waals surface area contributed by atoms with E-state index in [-0.39, 0.29) is 24.9 Å². The monoisotopic (exact) mass is 373 g/mol. The summed E-state index contributed by atoms with van der Waals surface area (Å²) < 4.78 is 10.4. The molecule has 1 saturated heterocycles. The van der Waals surface area contributed by atoms with Gasteiger partial charge in [-0.15, -0.1) is 12.4 Å². The van der Waals surface area contributed by atoms with Crippen LogP contribution in [0.5, 0.6) is 11.5 Å². The third-order valence-corrected chi connectivity index (χ3v) is 4.22. The Kier molecular flexibility index (Phi) is 9.59. The minimum atomic E-state index is -0.0312. The first-order chi connectivity index (χ1) is 11.7. The van der Waals surface area contributed by atoms with E-state index >= 15 is 0 Å². The Morgan fingerprint density at radius 1 is 1.12 bits per heavy atom. The van der Waals surface area contributed by atoms with Gasteiger partial charge in [0.2, 0.25) is 5.91 Å². The van der Waals surface area contributed by atoms with E-state index in [1.54, 1.807) is 32.4 Å². The van der Waals surface area contributed by atoms with Crippen LogP contribution >= 0.6 is 12.4 Å². The van der Waals surface area contributed by atoms with Crippen LogP contribution in [0.15, 0.2) is 18.2 Å². The summed E-state index contributed by atoms with van der Waals surface area (Å²) in [6, 6.07) is 5.32. The molecule has 0 radical (unpaired) electrons. The van der Waals surface area contributed by atoms with Crippen molar-refractivity contribution in [3.63, 3.8) is 0 Å². The van der Waals surface area contributed by atoms with Gasteiger partial charge in [0.1, 0.15) is 11.5 Å². The number of rotatable bonds is 8. The predicted molar refractivity (Wildman–Crippen MR) is 100 cm³/mol. The maximum absolute atomic E-state index is 12.2. The first-order valence-corrected chi connectivity index (χ1v) is 8.23. The van der Waals surface area contributed by atoms with Crippen molar-refractivity contribution in [2.75, 3.05) is 65.4 Å². The van der Waals surface area contributed by atoms with Crippen molar-refractivity contribution in [2.45, 2.75) is 6.42 Å². The third-order valence-electron chi connectivity index (χ3n) is 4.22. The molecule has 1 amide bonds. The third kappa shape index (κ3) is 6.70. The maximum Gasteiger partial charge on any atom is 0.225 e. The molecule has 1 aliphatic heterocycles. The van der Waals surface area contributed by atoms with Crippen molar-refractivity contribution < 1.29 is 19.4 Å². The molecule has 2 rings (SSSR count). The van der Waals surface area contributed by atoms with Crippen molar-refractivity contribution in [3.05, 3.63) is 18.2 Å². The molecule has 0 saturated carbocycles. The number of piperazine rings is 1. The Morgan fingerprint density at radius 3 is 2.32 bits per heavy atom. The molecular formula is C17H28ClN3O4. The highest BCUT2D eigenvalue weighted by Crippen LogP contribution is 2.29. The highest BCUT2D eigenvalue weighted by molar-refractivity contribution is 5.92. The number of nitrogens with zero attached hydrogens (tertiary/aromatic N) is 2. The Morgan fingerprint density at radius 2 is 1.76 bits per heavy atom. The van der Waals surface area contributed by atoms with Gasteiger partial charge in [0.15, 0.2) is 0 Å². The van der Waals surface area contributed by atoms with Gasteiger partial charge in [-0.1, -0.05) is 0 Å². The normalized spacial score (nSPS) is 15.3. The van der Waals surface area contributed by atoms with Gasteiger partial charge in [0, 0.05) is 51.8 Å². The number of nitrogens with one attached hydrogen (secondary N) is 1. The van der Waals surface area contributed by atoms with E-state index in [2.05, 4.69) is 15.1 Å².